The Morgan fingerprint density at radius 3 is 1.85 bits per heavy atom. The Balaban J connectivity index is 2.26. The van der Waals surface area contributed by atoms with Crippen LogP contribution in [0.3, 0.4) is 0 Å². The van der Waals surface area contributed by atoms with Gasteiger partial charge in [0.2, 0.25) is 23.6 Å². The predicted octanol–water partition coefficient (Wildman–Crippen LogP) is 0.239. The van der Waals surface area contributed by atoms with Crippen molar-refractivity contribution in [3.63, 3.8) is 0 Å². The number of nitrogens with one attached hydrogen (secondary N) is 5. The summed E-state index contributed by atoms with van der Waals surface area (Å²) in [4.78, 5) is 60.0. The van der Waals surface area contributed by atoms with Crippen molar-refractivity contribution in [2.24, 2.45) is 0 Å². The molecule has 1 aromatic carbocycles. The molecule has 0 saturated heterocycles. The summed E-state index contributed by atoms with van der Waals surface area (Å²) in [5, 5.41) is 12.6. The molecule has 0 saturated carbocycles. The average molecular weight is 462 g/mol. The van der Waals surface area contributed by atoms with Crippen LogP contribution in [-0.2, 0) is 19.2 Å². The summed E-state index contributed by atoms with van der Waals surface area (Å²) in [6.45, 7) is 5.05. The second-order valence-corrected chi connectivity index (χ2v) is 7.70. The highest BCUT2D eigenvalue weighted by Crippen LogP contribution is 1.98. The minimum absolute atomic E-state index is 0.288. The molecule has 182 valence electrons. The molecule has 0 fully saturated rings. The van der Waals surface area contributed by atoms with Gasteiger partial charge in [-0.15, -0.1) is 0 Å². The third kappa shape index (κ3) is 11.7. The fourth-order valence-corrected chi connectivity index (χ4v) is 2.81. The van der Waals surface area contributed by atoms with Gasteiger partial charge < -0.3 is 26.6 Å². The standard InChI is InChI=1S/C23H35N5O5/c1-4-5-6-10-13-24-21(31)16(2)27-19(29)14-25-22(32)17(3)28-20(30)15-26-23(33)18-11-8-7-9-12-18/h7-9,11-12,16-17H,4-6,10,13-15H2,1-3H3,(H,24,31)(H,25,32)(H,26,33)(H,27,29)(H,28,30)/t16-,17-/m0/s1. The van der Waals surface area contributed by atoms with Crippen molar-refractivity contribution >= 4 is 29.5 Å². The Bertz CT molecular complexity index is 800. The van der Waals surface area contributed by atoms with Crippen molar-refractivity contribution in [1.29, 1.82) is 0 Å². The molecule has 0 aliphatic rings. The number of carbonyl (C=O) groups is 5. The molecule has 0 aromatic heterocycles. The van der Waals surface area contributed by atoms with Crippen molar-refractivity contribution in [2.45, 2.75) is 58.5 Å². The van der Waals surface area contributed by atoms with Crippen LogP contribution in [-0.4, -0.2) is 61.3 Å². The number of amides is 5. The van der Waals surface area contributed by atoms with Gasteiger partial charge in [0.25, 0.3) is 5.91 Å². The van der Waals surface area contributed by atoms with E-state index in [1.165, 1.54) is 6.92 Å². The van der Waals surface area contributed by atoms with Gasteiger partial charge in [-0.25, -0.2) is 0 Å². The lowest BCUT2D eigenvalue weighted by atomic mass is 10.2. The van der Waals surface area contributed by atoms with Crippen LogP contribution < -0.4 is 26.6 Å². The second kappa shape index (κ2) is 15.4. The lowest BCUT2D eigenvalue weighted by Crippen LogP contribution is -2.51. The normalized spacial score (nSPS) is 12.1. The van der Waals surface area contributed by atoms with E-state index in [0.29, 0.717) is 12.1 Å². The van der Waals surface area contributed by atoms with Crippen molar-refractivity contribution < 1.29 is 24.0 Å². The van der Waals surface area contributed by atoms with Gasteiger partial charge in [-0.1, -0.05) is 44.4 Å². The highest BCUT2D eigenvalue weighted by Gasteiger charge is 2.19. The van der Waals surface area contributed by atoms with Gasteiger partial charge in [0.1, 0.15) is 12.1 Å². The molecule has 5 amide bonds. The third-order valence-electron chi connectivity index (χ3n) is 4.74. The van der Waals surface area contributed by atoms with E-state index < -0.39 is 35.7 Å². The maximum atomic E-state index is 12.1. The molecule has 0 unspecified atom stereocenters. The summed E-state index contributed by atoms with van der Waals surface area (Å²) in [5.41, 5.74) is 0.418. The molecule has 0 spiro atoms. The highest BCUT2D eigenvalue weighted by atomic mass is 16.2. The Hall–Kier alpha value is -3.43. The minimum Gasteiger partial charge on any atom is -0.354 e. The summed E-state index contributed by atoms with van der Waals surface area (Å²) >= 11 is 0. The SMILES string of the molecule is CCCCCCNC(=O)[C@H](C)NC(=O)CNC(=O)[C@H](C)NC(=O)CNC(=O)c1ccccc1. The van der Waals surface area contributed by atoms with E-state index in [9.17, 15) is 24.0 Å². The van der Waals surface area contributed by atoms with Crippen LogP contribution in [0.4, 0.5) is 0 Å². The molecular weight excluding hydrogens is 426 g/mol. The summed E-state index contributed by atoms with van der Waals surface area (Å²) in [7, 11) is 0. The monoisotopic (exact) mass is 461 g/mol. The topological polar surface area (TPSA) is 146 Å². The zero-order valence-electron chi connectivity index (χ0n) is 19.5. The quantitative estimate of drug-likeness (QED) is 0.252. The van der Waals surface area contributed by atoms with Crippen LogP contribution in [0.25, 0.3) is 0 Å². The molecule has 0 bridgehead atoms. The highest BCUT2D eigenvalue weighted by molar-refractivity contribution is 5.97. The molecule has 5 N–H and O–H groups in total. The first kappa shape index (κ1) is 27.6. The lowest BCUT2D eigenvalue weighted by Gasteiger charge is -2.16. The number of benzene rings is 1. The number of carbonyl (C=O) groups excluding carboxylic acids is 5. The van der Waals surface area contributed by atoms with Gasteiger partial charge in [0, 0.05) is 12.1 Å². The van der Waals surface area contributed by atoms with Crippen LogP contribution in [0.2, 0.25) is 0 Å². The van der Waals surface area contributed by atoms with Crippen molar-refractivity contribution in [1.82, 2.24) is 26.6 Å². The molecule has 0 radical (unpaired) electrons. The molecule has 0 heterocycles. The zero-order valence-corrected chi connectivity index (χ0v) is 19.5. The van der Waals surface area contributed by atoms with E-state index in [4.69, 9.17) is 0 Å². The first-order valence-corrected chi connectivity index (χ1v) is 11.2. The lowest BCUT2D eigenvalue weighted by molar-refractivity contribution is -0.131. The molecule has 0 aliphatic carbocycles. The van der Waals surface area contributed by atoms with Gasteiger partial charge in [-0.05, 0) is 32.4 Å². The molecule has 10 nitrogen and oxygen atoms in total. The van der Waals surface area contributed by atoms with Gasteiger partial charge in [0.15, 0.2) is 0 Å². The van der Waals surface area contributed by atoms with Gasteiger partial charge >= 0.3 is 0 Å². The Labute approximate surface area is 194 Å². The molecule has 33 heavy (non-hydrogen) atoms. The average Bonchev–Trinajstić information content (AvgIpc) is 2.81. The van der Waals surface area contributed by atoms with E-state index in [-0.39, 0.29) is 19.0 Å². The first-order valence-electron chi connectivity index (χ1n) is 11.2. The maximum absolute atomic E-state index is 12.1. The fraction of sp³-hybridized carbons (Fsp3) is 0.522. The van der Waals surface area contributed by atoms with Gasteiger partial charge in [-0.2, -0.15) is 0 Å². The van der Waals surface area contributed by atoms with E-state index in [0.717, 1.165) is 25.7 Å². The van der Waals surface area contributed by atoms with E-state index in [1.54, 1.807) is 37.3 Å². The van der Waals surface area contributed by atoms with Crippen LogP contribution in [0.15, 0.2) is 30.3 Å². The summed E-state index contributed by atoms with van der Waals surface area (Å²) in [6, 6.07) is 6.78. The van der Waals surface area contributed by atoms with Crippen LogP contribution in [0.1, 0.15) is 56.8 Å². The van der Waals surface area contributed by atoms with Crippen molar-refractivity contribution in [2.75, 3.05) is 19.6 Å². The summed E-state index contributed by atoms with van der Waals surface area (Å²) in [5.74, 6) is -2.33. The molecule has 1 aromatic rings. The van der Waals surface area contributed by atoms with Gasteiger partial charge in [-0.3, -0.25) is 24.0 Å². The number of unbranched alkanes of at least 4 members (excludes halogenated alkanes) is 3. The van der Waals surface area contributed by atoms with Gasteiger partial charge in [0.05, 0.1) is 13.1 Å². The van der Waals surface area contributed by atoms with Crippen LogP contribution in [0, 0.1) is 0 Å². The smallest absolute Gasteiger partial charge is 0.251 e. The second-order valence-electron chi connectivity index (χ2n) is 7.70. The predicted molar refractivity (Wildman–Crippen MR) is 124 cm³/mol. The number of rotatable bonds is 14. The molecule has 2 atom stereocenters. The fourth-order valence-electron chi connectivity index (χ4n) is 2.81. The zero-order chi connectivity index (χ0) is 24.6. The first-order chi connectivity index (χ1) is 15.7. The molecule has 10 heteroatoms. The maximum Gasteiger partial charge on any atom is 0.251 e. The van der Waals surface area contributed by atoms with E-state index >= 15 is 0 Å². The molecular formula is C23H35N5O5. The van der Waals surface area contributed by atoms with Crippen molar-refractivity contribution in [3.8, 4) is 0 Å². The van der Waals surface area contributed by atoms with E-state index in [2.05, 4.69) is 33.5 Å². The van der Waals surface area contributed by atoms with E-state index in [1.807, 2.05) is 0 Å². The molecule has 1 rings (SSSR count). The van der Waals surface area contributed by atoms with Crippen molar-refractivity contribution in [3.05, 3.63) is 35.9 Å². The summed E-state index contributed by atoms with van der Waals surface area (Å²) in [6.07, 6.45) is 4.15. The van der Waals surface area contributed by atoms with Crippen LogP contribution in [0.5, 0.6) is 0 Å². The molecule has 0 aliphatic heterocycles. The Morgan fingerprint density at radius 2 is 1.27 bits per heavy atom. The van der Waals surface area contributed by atoms with Crippen LogP contribution >= 0.6 is 0 Å². The summed E-state index contributed by atoms with van der Waals surface area (Å²) < 4.78 is 0. The number of hydrogen-bond acceptors (Lipinski definition) is 5. The Morgan fingerprint density at radius 1 is 0.727 bits per heavy atom. The Kier molecular flexibility index (Phi) is 12.9. The number of hydrogen-bond donors (Lipinski definition) is 5. The third-order valence-corrected chi connectivity index (χ3v) is 4.74. The minimum atomic E-state index is -0.914. The largest absolute Gasteiger partial charge is 0.354 e.